The van der Waals surface area contributed by atoms with E-state index >= 15 is 0 Å². The normalized spacial score (nSPS) is 24.6. The van der Waals surface area contributed by atoms with Gasteiger partial charge in [0.1, 0.15) is 0 Å². The van der Waals surface area contributed by atoms with Gasteiger partial charge in [-0.25, -0.2) is 0 Å². The highest BCUT2D eigenvalue weighted by atomic mass is 127. The summed E-state index contributed by atoms with van der Waals surface area (Å²) in [5.74, 6) is 1.65. The van der Waals surface area contributed by atoms with Crippen LogP contribution >= 0.6 is 34.2 Å². The molecule has 1 aliphatic carbocycles. The molecule has 1 nitrogen and oxygen atoms in total. The van der Waals surface area contributed by atoms with Crippen molar-refractivity contribution in [1.82, 2.24) is 5.32 Å². The van der Waals surface area contributed by atoms with Gasteiger partial charge in [-0.05, 0) is 84.0 Å². The summed E-state index contributed by atoms with van der Waals surface area (Å²) in [5, 5.41) is 4.63. The van der Waals surface area contributed by atoms with Crippen molar-refractivity contribution in [2.75, 3.05) is 6.54 Å². The van der Waals surface area contributed by atoms with Crippen LogP contribution in [-0.2, 0) is 0 Å². The Morgan fingerprint density at radius 2 is 2.00 bits per heavy atom. The van der Waals surface area contributed by atoms with Gasteiger partial charge in [-0.2, -0.15) is 0 Å². The van der Waals surface area contributed by atoms with E-state index in [4.69, 9.17) is 11.6 Å². The van der Waals surface area contributed by atoms with E-state index in [-0.39, 0.29) is 0 Å². The Hall–Kier alpha value is 0.200. The average molecular weight is 406 g/mol. The van der Waals surface area contributed by atoms with Crippen LogP contribution in [0.4, 0.5) is 0 Å². The van der Waals surface area contributed by atoms with Crippen molar-refractivity contribution >= 4 is 34.2 Å². The van der Waals surface area contributed by atoms with Crippen molar-refractivity contribution in [3.8, 4) is 0 Å². The van der Waals surface area contributed by atoms with Gasteiger partial charge < -0.3 is 5.32 Å². The smallest absolute Gasteiger partial charge is 0.0410 e. The summed E-state index contributed by atoms with van der Waals surface area (Å²) in [6.45, 7) is 5.70. The SMILES string of the molecule is CCCNC(c1cc(Cl)ccc1I)C1CCC(C)CC1. The molecule has 0 heterocycles. The fourth-order valence-corrected chi connectivity index (χ4v) is 4.05. The Balaban J connectivity index is 2.20. The molecule has 0 aliphatic heterocycles. The van der Waals surface area contributed by atoms with Crippen LogP contribution in [0.2, 0.25) is 5.02 Å². The molecule has 112 valence electrons. The molecule has 1 aromatic rings. The lowest BCUT2D eigenvalue weighted by molar-refractivity contribution is 0.231. The topological polar surface area (TPSA) is 12.0 Å². The molecule has 2 rings (SSSR count). The molecule has 0 radical (unpaired) electrons. The van der Waals surface area contributed by atoms with Gasteiger partial charge >= 0.3 is 0 Å². The summed E-state index contributed by atoms with van der Waals surface area (Å²) in [5.41, 5.74) is 1.39. The molecule has 0 bridgehead atoms. The number of halogens is 2. The van der Waals surface area contributed by atoms with Gasteiger partial charge in [0.2, 0.25) is 0 Å². The Morgan fingerprint density at radius 3 is 2.65 bits per heavy atom. The number of hydrogen-bond acceptors (Lipinski definition) is 1. The lowest BCUT2D eigenvalue weighted by Crippen LogP contribution is -2.32. The molecule has 1 fully saturated rings. The van der Waals surface area contributed by atoms with E-state index in [0.717, 1.165) is 23.4 Å². The first kappa shape index (κ1) is 16.6. The zero-order valence-electron chi connectivity index (χ0n) is 12.5. The third-order valence-corrected chi connectivity index (χ3v) is 5.66. The summed E-state index contributed by atoms with van der Waals surface area (Å²) in [6.07, 6.45) is 6.59. The number of hydrogen-bond donors (Lipinski definition) is 1. The van der Waals surface area contributed by atoms with Crippen LogP contribution in [0.3, 0.4) is 0 Å². The summed E-state index contributed by atoms with van der Waals surface area (Å²) >= 11 is 8.67. The van der Waals surface area contributed by atoms with Crippen LogP contribution < -0.4 is 5.32 Å². The van der Waals surface area contributed by atoms with Crippen molar-refractivity contribution in [1.29, 1.82) is 0 Å². The maximum absolute atomic E-state index is 6.23. The molecule has 0 aromatic heterocycles. The molecule has 1 atom stereocenters. The summed E-state index contributed by atoms with van der Waals surface area (Å²) in [6, 6.07) is 6.76. The maximum atomic E-state index is 6.23. The second kappa shape index (κ2) is 8.00. The maximum Gasteiger partial charge on any atom is 0.0410 e. The fraction of sp³-hybridized carbons (Fsp3) is 0.647. The van der Waals surface area contributed by atoms with E-state index in [1.54, 1.807) is 0 Å². The van der Waals surface area contributed by atoms with Crippen molar-refractivity contribution < 1.29 is 0 Å². The molecular formula is C17H25ClIN. The Labute approximate surface area is 142 Å². The number of nitrogens with one attached hydrogen (secondary N) is 1. The molecule has 1 unspecified atom stereocenters. The first-order valence-corrected chi connectivity index (χ1v) is 9.25. The van der Waals surface area contributed by atoms with Crippen LogP contribution in [0.1, 0.15) is 57.6 Å². The largest absolute Gasteiger partial charge is 0.310 e. The highest BCUT2D eigenvalue weighted by Gasteiger charge is 2.28. The molecule has 0 amide bonds. The van der Waals surface area contributed by atoms with Crippen LogP contribution in [-0.4, -0.2) is 6.54 Å². The average Bonchev–Trinajstić information content (AvgIpc) is 2.44. The molecule has 3 heteroatoms. The van der Waals surface area contributed by atoms with Crippen LogP contribution in [0, 0.1) is 15.4 Å². The molecule has 1 saturated carbocycles. The standard InChI is InChI=1S/C17H25ClIN/c1-3-10-20-17(13-6-4-12(2)5-7-13)15-11-14(18)8-9-16(15)19/h8-9,11-13,17,20H,3-7,10H2,1-2H3. The van der Waals surface area contributed by atoms with Crippen molar-refractivity contribution in [2.45, 2.75) is 52.0 Å². The quantitative estimate of drug-likeness (QED) is 0.609. The molecule has 1 N–H and O–H groups in total. The van der Waals surface area contributed by atoms with E-state index in [1.807, 2.05) is 6.07 Å². The van der Waals surface area contributed by atoms with Crippen molar-refractivity contribution in [3.63, 3.8) is 0 Å². The molecule has 20 heavy (non-hydrogen) atoms. The van der Waals surface area contributed by atoms with Crippen molar-refractivity contribution in [3.05, 3.63) is 32.4 Å². The minimum absolute atomic E-state index is 0.466. The third-order valence-electron chi connectivity index (χ3n) is 4.44. The van der Waals surface area contributed by atoms with E-state index in [0.29, 0.717) is 6.04 Å². The Kier molecular flexibility index (Phi) is 6.63. The number of benzene rings is 1. The van der Waals surface area contributed by atoms with Crippen LogP contribution in [0.15, 0.2) is 18.2 Å². The first-order valence-electron chi connectivity index (χ1n) is 7.80. The summed E-state index contributed by atoms with van der Waals surface area (Å²) in [7, 11) is 0. The van der Waals surface area contributed by atoms with Gasteiger partial charge in [0.05, 0.1) is 0 Å². The summed E-state index contributed by atoms with van der Waals surface area (Å²) in [4.78, 5) is 0. The third kappa shape index (κ3) is 4.35. The molecule has 1 aliphatic rings. The van der Waals surface area contributed by atoms with Gasteiger partial charge in [-0.15, -0.1) is 0 Å². The molecule has 0 spiro atoms. The fourth-order valence-electron chi connectivity index (χ4n) is 3.20. The lowest BCUT2D eigenvalue weighted by Gasteiger charge is -2.34. The van der Waals surface area contributed by atoms with Gasteiger partial charge in [0, 0.05) is 14.6 Å². The zero-order valence-corrected chi connectivity index (χ0v) is 15.4. The predicted molar refractivity (Wildman–Crippen MR) is 96.3 cm³/mol. The van der Waals surface area contributed by atoms with Crippen molar-refractivity contribution in [2.24, 2.45) is 11.8 Å². The van der Waals surface area contributed by atoms with Crippen LogP contribution in [0.25, 0.3) is 0 Å². The van der Waals surface area contributed by atoms with Gasteiger partial charge in [0.15, 0.2) is 0 Å². The van der Waals surface area contributed by atoms with Gasteiger partial charge in [0.25, 0.3) is 0 Å². The van der Waals surface area contributed by atoms with Gasteiger partial charge in [-0.1, -0.05) is 38.3 Å². The molecule has 0 saturated heterocycles. The zero-order chi connectivity index (χ0) is 14.5. The first-order chi connectivity index (χ1) is 9.61. The highest BCUT2D eigenvalue weighted by molar-refractivity contribution is 14.1. The van der Waals surface area contributed by atoms with Crippen LogP contribution in [0.5, 0.6) is 0 Å². The second-order valence-electron chi connectivity index (χ2n) is 6.12. The van der Waals surface area contributed by atoms with E-state index in [9.17, 15) is 0 Å². The predicted octanol–water partition coefficient (Wildman–Crippen LogP) is 5.81. The summed E-state index contributed by atoms with van der Waals surface area (Å²) < 4.78 is 1.33. The highest BCUT2D eigenvalue weighted by Crippen LogP contribution is 2.38. The van der Waals surface area contributed by atoms with E-state index in [1.165, 1.54) is 41.2 Å². The molecule has 1 aromatic carbocycles. The second-order valence-corrected chi connectivity index (χ2v) is 7.72. The van der Waals surface area contributed by atoms with E-state index in [2.05, 4.69) is 53.9 Å². The molecular weight excluding hydrogens is 381 g/mol. The Bertz CT molecular complexity index is 427. The number of rotatable bonds is 5. The lowest BCUT2D eigenvalue weighted by atomic mass is 9.77. The van der Waals surface area contributed by atoms with Gasteiger partial charge in [-0.3, -0.25) is 0 Å². The Morgan fingerprint density at radius 1 is 1.30 bits per heavy atom. The minimum atomic E-state index is 0.466. The monoisotopic (exact) mass is 405 g/mol. The minimum Gasteiger partial charge on any atom is -0.310 e. The van der Waals surface area contributed by atoms with E-state index < -0.39 is 0 Å².